The Hall–Kier alpha value is -1.69. The summed E-state index contributed by atoms with van der Waals surface area (Å²) >= 11 is 0. The van der Waals surface area contributed by atoms with Crippen LogP contribution in [0.1, 0.15) is 20.3 Å². The number of hydrogen-bond acceptors (Lipinski definition) is 5. The van der Waals surface area contributed by atoms with Gasteiger partial charge in [-0.15, -0.1) is 0 Å². The molecular formula is C8H12O6. The van der Waals surface area contributed by atoms with E-state index in [1.54, 1.807) is 0 Å². The first kappa shape index (κ1) is 14.8. The molecule has 80 valence electrons. The van der Waals surface area contributed by atoms with Crippen LogP contribution in [-0.4, -0.2) is 28.1 Å². The third-order valence-electron chi connectivity index (χ3n) is 0.832. The highest BCUT2D eigenvalue weighted by Gasteiger charge is 1.98. The quantitative estimate of drug-likeness (QED) is 0.302. The Kier molecular flexibility index (Phi) is 8.39. The lowest BCUT2D eigenvalue weighted by atomic mass is 10.3. The number of carboxylic acid groups (broad SMARTS) is 1. The summed E-state index contributed by atoms with van der Waals surface area (Å²) < 4.78 is 0. The fourth-order valence-corrected chi connectivity index (χ4v) is 0.291. The van der Waals surface area contributed by atoms with Gasteiger partial charge in [0.15, 0.2) is 0 Å². The van der Waals surface area contributed by atoms with E-state index >= 15 is 0 Å². The number of carbonyl (C=O) groups is 3. The lowest BCUT2D eigenvalue weighted by Gasteiger charge is -1.88. The van der Waals surface area contributed by atoms with Crippen molar-refractivity contribution in [2.24, 2.45) is 0 Å². The molecule has 0 fully saturated rings. The highest BCUT2D eigenvalue weighted by molar-refractivity contribution is 5.93. The van der Waals surface area contributed by atoms with Crippen molar-refractivity contribution in [3.8, 4) is 0 Å². The minimum atomic E-state index is -1.06. The van der Waals surface area contributed by atoms with Gasteiger partial charge in [0.05, 0.1) is 0 Å². The zero-order chi connectivity index (χ0) is 11.7. The summed E-state index contributed by atoms with van der Waals surface area (Å²) in [6, 6.07) is 0. The molecule has 0 bridgehead atoms. The first-order valence-corrected chi connectivity index (χ1v) is 3.53. The minimum Gasteiger partial charge on any atom is -0.481 e. The third-order valence-corrected chi connectivity index (χ3v) is 0.832. The summed E-state index contributed by atoms with van der Waals surface area (Å²) in [5, 5.41) is 15.5. The van der Waals surface area contributed by atoms with Gasteiger partial charge in [0.1, 0.15) is 12.2 Å². The second-order valence-corrected chi connectivity index (χ2v) is 2.43. The highest BCUT2D eigenvalue weighted by Crippen LogP contribution is 1.86. The van der Waals surface area contributed by atoms with Gasteiger partial charge in [0, 0.05) is 5.57 Å². The van der Waals surface area contributed by atoms with E-state index < -0.39 is 11.9 Å². The molecule has 0 aliphatic carbocycles. The number of hydrogen-bond donors (Lipinski definition) is 2. The standard InChI is InChI=1S/2C4H6O3/c1-3(2)4(5)7-6;1-3(5)2-4(6)7/h6H,1H2,2H3;2H2,1H3,(H,6,7). The van der Waals surface area contributed by atoms with Crippen LogP contribution in [0.15, 0.2) is 12.2 Å². The van der Waals surface area contributed by atoms with E-state index in [0.717, 1.165) is 0 Å². The van der Waals surface area contributed by atoms with E-state index in [9.17, 15) is 14.4 Å². The number of carbonyl (C=O) groups excluding carboxylic acids is 2. The van der Waals surface area contributed by atoms with Gasteiger partial charge in [-0.3, -0.25) is 14.5 Å². The van der Waals surface area contributed by atoms with Gasteiger partial charge in [-0.1, -0.05) is 6.58 Å². The Morgan fingerprint density at radius 3 is 1.71 bits per heavy atom. The van der Waals surface area contributed by atoms with Gasteiger partial charge < -0.3 is 5.11 Å². The number of aliphatic carboxylic acids is 1. The Morgan fingerprint density at radius 2 is 1.71 bits per heavy atom. The predicted molar refractivity (Wildman–Crippen MR) is 46.5 cm³/mol. The number of rotatable bonds is 3. The average molecular weight is 204 g/mol. The van der Waals surface area contributed by atoms with Crippen LogP contribution < -0.4 is 0 Å². The van der Waals surface area contributed by atoms with E-state index in [-0.39, 0.29) is 17.8 Å². The van der Waals surface area contributed by atoms with Gasteiger partial charge in [0.2, 0.25) is 0 Å². The van der Waals surface area contributed by atoms with Crippen molar-refractivity contribution in [1.82, 2.24) is 0 Å². The Balaban J connectivity index is 0. The van der Waals surface area contributed by atoms with Crippen LogP contribution in [0, 0.1) is 0 Å². The van der Waals surface area contributed by atoms with Crippen molar-refractivity contribution in [3.05, 3.63) is 12.2 Å². The van der Waals surface area contributed by atoms with Crippen LogP contribution in [0.3, 0.4) is 0 Å². The SMILES string of the molecule is C=C(C)C(=O)OO.CC(=O)CC(=O)O. The first-order chi connectivity index (χ1) is 6.31. The van der Waals surface area contributed by atoms with E-state index in [1.807, 2.05) is 0 Å². The molecule has 6 nitrogen and oxygen atoms in total. The Bertz CT molecular complexity index is 230. The van der Waals surface area contributed by atoms with Crippen LogP contribution in [0.4, 0.5) is 0 Å². The summed E-state index contributed by atoms with van der Waals surface area (Å²) in [6.07, 6.45) is -0.361. The molecular weight excluding hydrogens is 192 g/mol. The number of Topliss-reactive ketones (excluding diaryl/α,β-unsaturated/α-hetero) is 1. The molecule has 14 heavy (non-hydrogen) atoms. The predicted octanol–water partition coefficient (Wildman–Crippen LogP) is 0.629. The monoisotopic (exact) mass is 204 g/mol. The molecule has 0 spiro atoms. The zero-order valence-electron chi connectivity index (χ0n) is 7.94. The van der Waals surface area contributed by atoms with Gasteiger partial charge in [-0.2, -0.15) is 5.26 Å². The lowest BCUT2D eigenvalue weighted by Crippen LogP contribution is -2.00. The molecule has 6 heteroatoms. The van der Waals surface area contributed by atoms with Crippen molar-refractivity contribution in [2.75, 3.05) is 0 Å². The summed E-state index contributed by atoms with van der Waals surface area (Å²) in [6.45, 7) is 5.88. The first-order valence-electron chi connectivity index (χ1n) is 3.53. The largest absolute Gasteiger partial charge is 0.481 e. The fraction of sp³-hybridized carbons (Fsp3) is 0.375. The number of carboxylic acids is 1. The molecule has 0 aliphatic rings. The molecule has 0 saturated carbocycles. The summed E-state index contributed by atoms with van der Waals surface area (Å²) in [5.41, 5.74) is 0.183. The second kappa shape index (κ2) is 7.93. The van der Waals surface area contributed by atoms with Crippen molar-refractivity contribution in [1.29, 1.82) is 0 Å². The third kappa shape index (κ3) is 12.9. The Labute approximate surface area is 80.7 Å². The van der Waals surface area contributed by atoms with Crippen LogP contribution in [-0.2, 0) is 19.3 Å². The van der Waals surface area contributed by atoms with E-state index in [0.29, 0.717) is 0 Å². The number of ketones is 1. The van der Waals surface area contributed by atoms with Crippen molar-refractivity contribution in [2.45, 2.75) is 20.3 Å². The maximum atomic E-state index is 9.94. The highest BCUT2D eigenvalue weighted by atomic mass is 17.1. The topological polar surface area (TPSA) is 101 Å². The molecule has 0 aliphatic heterocycles. The second-order valence-electron chi connectivity index (χ2n) is 2.43. The maximum absolute atomic E-state index is 9.94. The maximum Gasteiger partial charge on any atom is 0.367 e. The van der Waals surface area contributed by atoms with Crippen LogP contribution in [0.5, 0.6) is 0 Å². The van der Waals surface area contributed by atoms with Gasteiger partial charge in [-0.05, 0) is 13.8 Å². The van der Waals surface area contributed by atoms with Crippen LogP contribution in [0.25, 0.3) is 0 Å². The molecule has 0 saturated heterocycles. The van der Waals surface area contributed by atoms with E-state index in [1.165, 1.54) is 13.8 Å². The molecule has 0 aromatic rings. The molecule has 0 aromatic carbocycles. The smallest absolute Gasteiger partial charge is 0.367 e. The van der Waals surface area contributed by atoms with Gasteiger partial charge in [0.25, 0.3) is 0 Å². The molecule has 0 rings (SSSR count). The van der Waals surface area contributed by atoms with Crippen LogP contribution >= 0.6 is 0 Å². The molecule has 0 atom stereocenters. The van der Waals surface area contributed by atoms with Crippen molar-refractivity contribution in [3.63, 3.8) is 0 Å². The molecule has 0 aromatic heterocycles. The molecule has 0 amide bonds. The van der Waals surface area contributed by atoms with Gasteiger partial charge in [-0.25, -0.2) is 4.79 Å². The molecule has 0 radical (unpaired) electrons. The van der Waals surface area contributed by atoms with E-state index in [4.69, 9.17) is 10.4 Å². The van der Waals surface area contributed by atoms with Crippen LogP contribution in [0.2, 0.25) is 0 Å². The van der Waals surface area contributed by atoms with Crippen molar-refractivity contribution < 1.29 is 29.6 Å². The molecule has 0 unspecified atom stereocenters. The zero-order valence-corrected chi connectivity index (χ0v) is 7.94. The molecule has 2 N–H and O–H groups in total. The molecule has 0 heterocycles. The Morgan fingerprint density at radius 1 is 1.29 bits per heavy atom. The van der Waals surface area contributed by atoms with Crippen molar-refractivity contribution >= 4 is 17.7 Å². The lowest BCUT2D eigenvalue weighted by molar-refractivity contribution is -0.229. The average Bonchev–Trinajstić information content (AvgIpc) is 2.01. The summed E-state index contributed by atoms with van der Waals surface area (Å²) in [5.74, 6) is -2.17. The summed E-state index contributed by atoms with van der Waals surface area (Å²) in [7, 11) is 0. The fourth-order valence-electron chi connectivity index (χ4n) is 0.291. The van der Waals surface area contributed by atoms with E-state index in [2.05, 4.69) is 11.5 Å². The minimum absolute atomic E-state index is 0.183. The summed E-state index contributed by atoms with van der Waals surface area (Å²) in [4.78, 5) is 32.7. The normalized spacial score (nSPS) is 7.93. The van der Waals surface area contributed by atoms with Gasteiger partial charge >= 0.3 is 11.9 Å².